The topological polar surface area (TPSA) is 128 Å². The minimum Gasteiger partial charge on any atom is -0.478 e. The van der Waals surface area contributed by atoms with Gasteiger partial charge in [-0.1, -0.05) is 35.9 Å². The summed E-state index contributed by atoms with van der Waals surface area (Å²) in [5.74, 6) is -1.85. The van der Waals surface area contributed by atoms with Crippen molar-refractivity contribution in [3.05, 3.63) is 90.8 Å². The van der Waals surface area contributed by atoms with Gasteiger partial charge in [0.15, 0.2) is 11.2 Å². The van der Waals surface area contributed by atoms with Crippen molar-refractivity contribution < 1.29 is 14.3 Å². The van der Waals surface area contributed by atoms with Gasteiger partial charge < -0.3 is 15.7 Å². The number of halogens is 2. The van der Waals surface area contributed by atoms with Gasteiger partial charge in [0, 0.05) is 31.2 Å². The lowest BCUT2D eigenvalue weighted by molar-refractivity contribution is 0.0692. The fourth-order valence-electron chi connectivity index (χ4n) is 4.89. The molecular weight excluding hydrogens is 515 g/mol. The molecule has 0 spiro atoms. The van der Waals surface area contributed by atoms with E-state index in [4.69, 9.17) is 27.4 Å². The molecule has 1 aliphatic heterocycles. The molecule has 1 aliphatic rings. The Labute approximate surface area is 221 Å². The molecule has 2 aromatic heterocycles. The van der Waals surface area contributed by atoms with Crippen molar-refractivity contribution in [2.24, 2.45) is 12.8 Å². The molecule has 0 unspecified atom stereocenters. The summed E-state index contributed by atoms with van der Waals surface area (Å²) in [7, 11) is 1.52. The summed E-state index contributed by atoms with van der Waals surface area (Å²) in [5.41, 5.74) is 5.95. The first kappa shape index (κ1) is 25.7. The van der Waals surface area contributed by atoms with Gasteiger partial charge in [0.25, 0.3) is 5.56 Å². The molecule has 0 amide bonds. The van der Waals surface area contributed by atoms with Crippen LogP contribution in [0.3, 0.4) is 0 Å². The van der Waals surface area contributed by atoms with Crippen LogP contribution in [0.25, 0.3) is 11.2 Å². The average molecular weight is 541 g/mol. The number of benzene rings is 2. The van der Waals surface area contributed by atoms with E-state index < -0.39 is 28.6 Å². The Morgan fingerprint density at radius 3 is 2.63 bits per heavy atom. The lowest BCUT2D eigenvalue weighted by Gasteiger charge is -2.32. The number of nitrogens with two attached hydrogens (primary N) is 1. The van der Waals surface area contributed by atoms with Crippen LogP contribution in [0.15, 0.2) is 52.1 Å². The van der Waals surface area contributed by atoms with E-state index in [1.165, 1.54) is 17.7 Å². The molecular formula is C26H26ClFN6O4. The van der Waals surface area contributed by atoms with E-state index in [1.807, 2.05) is 23.1 Å². The van der Waals surface area contributed by atoms with Crippen LogP contribution < -0.4 is 21.9 Å². The largest absolute Gasteiger partial charge is 0.478 e. The zero-order valence-electron chi connectivity index (χ0n) is 20.6. The highest BCUT2D eigenvalue weighted by atomic mass is 35.5. The molecule has 10 nitrogen and oxygen atoms in total. The van der Waals surface area contributed by atoms with Gasteiger partial charge in [-0.2, -0.15) is 4.98 Å². The SMILES string of the molecule is Cn1c(=O)n(Cc2ccc(C(=O)O)c(F)c2)c(=O)c2c1nc(N1CCC[C@@H](N)C1)n2Cc1ccccc1Cl. The molecule has 0 aliphatic carbocycles. The summed E-state index contributed by atoms with van der Waals surface area (Å²) in [4.78, 5) is 45.0. The van der Waals surface area contributed by atoms with E-state index in [-0.39, 0.29) is 35.9 Å². The zero-order chi connectivity index (χ0) is 27.1. The highest BCUT2D eigenvalue weighted by molar-refractivity contribution is 6.31. The molecule has 2 aromatic carbocycles. The number of aryl methyl sites for hydroxylation is 1. The third-order valence-corrected chi connectivity index (χ3v) is 7.21. The van der Waals surface area contributed by atoms with Crippen molar-refractivity contribution in [1.82, 2.24) is 18.7 Å². The molecule has 3 heterocycles. The third-order valence-electron chi connectivity index (χ3n) is 6.84. The molecule has 0 bridgehead atoms. The normalized spacial score (nSPS) is 15.8. The Kier molecular flexibility index (Phi) is 6.80. The van der Waals surface area contributed by atoms with E-state index >= 15 is 0 Å². The zero-order valence-corrected chi connectivity index (χ0v) is 21.4. The molecule has 12 heteroatoms. The van der Waals surface area contributed by atoms with E-state index in [9.17, 15) is 18.8 Å². The quantitative estimate of drug-likeness (QED) is 0.384. The van der Waals surface area contributed by atoms with Crippen LogP contribution >= 0.6 is 11.6 Å². The van der Waals surface area contributed by atoms with Crippen molar-refractivity contribution in [2.75, 3.05) is 18.0 Å². The number of aromatic nitrogens is 4. The van der Waals surface area contributed by atoms with Crippen LogP contribution in [0.1, 0.15) is 34.3 Å². The smallest absolute Gasteiger partial charge is 0.338 e. The van der Waals surface area contributed by atoms with Gasteiger partial charge in [0.1, 0.15) is 5.82 Å². The number of carboxylic acid groups (broad SMARTS) is 1. The summed E-state index contributed by atoms with van der Waals surface area (Å²) in [6.07, 6.45) is 1.74. The first-order chi connectivity index (χ1) is 18.2. The van der Waals surface area contributed by atoms with Gasteiger partial charge in [-0.25, -0.2) is 14.0 Å². The van der Waals surface area contributed by atoms with Crippen molar-refractivity contribution in [3.8, 4) is 0 Å². The summed E-state index contributed by atoms with van der Waals surface area (Å²) >= 11 is 6.46. The molecule has 3 N–H and O–H groups in total. The number of imidazole rings is 1. The lowest BCUT2D eigenvalue weighted by Crippen LogP contribution is -2.44. The fourth-order valence-corrected chi connectivity index (χ4v) is 5.09. The van der Waals surface area contributed by atoms with Crippen LogP contribution in [0.5, 0.6) is 0 Å². The second-order valence-corrected chi connectivity index (χ2v) is 9.87. The first-order valence-electron chi connectivity index (χ1n) is 12.1. The van der Waals surface area contributed by atoms with Crippen LogP contribution in [0.2, 0.25) is 5.02 Å². The average Bonchev–Trinajstić information content (AvgIpc) is 3.26. The van der Waals surface area contributed by atoms with Crippen LogP contribution in [0.4, 0.5) is 10.3 Å². The number of nitrogens with zero attached hydrogens (tertiary/aromatic N) is 5. The monoisotopic (exact) mass is 540 g/mol. The maximum Gasteiger partial charge on any atom is 0.338 e. The lowest BCUT2D eigenvalue weighted by atomic mass is 10.1. The van der Waals surface area contributed by atoms with E-state index in [2.05, 4.69) is 0 Å². The van der Waals surface area contributed by atoms with Gasteiger partial charge in [-0.3, -0.25) is 18.5 Å². The fraction of sp³-hybridized carbons (Fsp3) is 0.308. The molecule has 38 heavy (non-hydrogen) atoms. The second-order valence-electron chi connectivity index (χ2n) is 9.46. The Morgan fingerprint density at radius 2 is 1.95 bits per heavy atom. The predicted molar refractivity (Wildman–Crippen MR) is 142 cm³/mol. The number of anilines is 1. The van der Waals surface area contributed by atoms with Gasteiger partial charge in [0.2, 0.25) is 5.95 Å². The van der Waals surface area contributed by atoms with Gasteiger partial charge in [-0.05, 0) is 42.2 Å². The summed E-state index contributed by atoms with van der Waals surface area (Å²) in [6, 6.07) is 10.7. The minimum absolute atomic E-state index is 0.0542. The van der Waals surface area contributed by atoms with Crippen molar-refractivity contribution >= 4 is 34.7 Å². The van der Waals surface area contributed by atoms with Gasteiger partial charge in [0.05, 0.1) is 18.7 Å². The van der Waals surface area contributed by atoms with Crippen LogP contribution in [-0.2, 0) is 20.1 Å². The number of rotatable bonds is 6. The molecule has 1 fully saturated rings. The number of carbonyl (C=O) groups is 1. The summed E-state index contributed by atoms with van der Waals surface area (Å²) in [6.45, 7) is 1.21. The van der Waals surface area contributed by atoms with Crippen molar-refractivity contribution in [1.29, 1.82) is 0 Å². The first-order valence-corrected chi connectivity index (χ1v) is 12.5. The number of hydrogen-bond acceptors (Lipinski definition) is 6. The number of hydrogen-bond donors (Lipinski definition) is 2. The highest BCUT2D eigenvalue weighted by Gasteiger charge is 2.27. The Morgan fingerprint density at radius 1 is 1.18 bits per heavy atom. The van der Waals surface area contributed by atoms with E-state index in [0.717, 1.165) is 35.1 Å². The molecule has 1 saturated heterocycles. The molecule has 0 saturated carbocycles. The molecule has 0 radical (unpaired) electrons. The van der Waals surface area contributed by atoms with Gasteiger partial charge in [-0.15, -0.1) is 0 Å². The minimum atomic E-state index is -1.41. The van der Waals surface area contributed by atoms with E-state index in [0.29, 0.717) is 24.1 Å². The predicted octanol–water partition coefficient (Wildman–Crippen LogP) is 2.41. The number of carboxylic acids is 1. The third kappa shape index (κ3) is 4.59. The maximum atomic E-state index is 14.3. The Bertz CT molecular complexity index is 1680. The van der Waals surface area contributed by atoms with Crippen molar-refractivity contribution in [3.63, 3.8) is 0 Å². The summed E-state index contributed by atoms with van der Waals surface area (Å²) in [5, 5.41) is 9.63. The highest BCUT2D eigenvalue weighted by Crippen LogP contribution is 2.26. The van der Waals surface area contributed by atoms with Crippen LogP contribution in [-0.4, -0.2) is 48.9 Å². The Hall–Kier alpha value is -3.96. The summed E-state index contributed by atoms with van der Waals surface area (Å²) < 4.78 is 18.4. The molecule has 4 aromatic rings. The standard InChI is InChI=1S/C26H26ClFN6O4/c1-31-22-21(23(35)34(26(31)38)12-15-8-9-18(24(36)37)20(28)11-15)33(13-16-5-2-3-7-19(16)27)25(30-22)32-10-4-6-17(29)14-32/h2-3,5,7-9,11,17H,4,6,10,12-14,29H2,1H3,(H,36,37)/t17-/m1/s1. The van der Waals surface area contributed by atoms with E-state index in [1.54, 1.807) is 10.6 Å². The van der Waals surface area contributed by atoms with Crippen molar-refractivity contribution in [2.45, 2.75) is 32.0 Å². The number of fused-ring (bicyclic) bond motifs is 1. The maximum absolute atomic E-state index is 14.3. The molecule has 198 valence electrons. The molecule has 1 atom stereocenters. The van der Waals surface area contributed by atoms with Gasteiger partial charge >= 0.3 is 11.7 Å². The number of aromatic carboxylic acids is 1. The Balaban J connectivity index is 1.70. The number of piperidine rings is 1. The van der Waals surface area contributed by atoms with Crippen LogP contribution in [0, 0.1) is 5.82 Å². The molecule has 5 rings (SSSR count). The second kappa shape index (κ2) is 10.1.